The van der Waals surface area contributed by atoms with Crippen LogP contribution < -0.4 is 5.32 Å². The molecule has 6 nitrogen and oxygen atoms in total. The molecule has 0 aliphatic carbocycles. The van der Waals surface area contributed by atoms with Gasteiger partial charge < -0.3 is 14.8 Å². The Kier molecular flexibility index (Phi) is 7.48. The summed E-state index contributed by atoms with van der Waals surface area (Å²) in [7, 11) is 0. The number of morpholine rings is 1. The second-order valence-electron chi connectivity index (χ2n) is 8.12. The van der Waals surface area contributed by atoms with Crippen LogP contribution in [0.5, 0.6) is 0 Å². The molecule has 1 aromatic carbocycles. The molecule has 4 rings (SSSR count). The third kappa shape index (κ3) is 6.41. The van der Waals surface area contributed by atoms with E-state index in [4.69, 9.17) is 19.4 Å². The Labute approximate surface area is 194 Å². The molecule has 1 aliphatic heterocycles. The molecule has 3 heterocycles. The van der Waals surface area contributed by atoms with Crippen LogP contribution in [0.4, 0.5) is 19.0 Å². The summed E-state index contributed by atoms with van der Waals surface area (Å²) in [5.74, 6) is 1.59. The van der Waals surface area contributed by atoms with Crippen molar-refractivity contribution in [3.05, 3.63) is 51.7 Å². The highest BCUT2D eigenvalue weighted by molar-refractivity contribution is 7.18. The number of hydrogen-bond donors (Lipinski definition) is 1. The van der Waals surface area contributed by atoms with Gasteiger partial charge in [-0.1, -0.05) is 24.3 Å². The van der Waals surface area contributed by atoms with Gasteiger partial charge in [-0.15, -0.1) is 11.3 Å². The number of alkyl halides is 3. The van der Waals surface area contributed by atoms with E-state index in [0.717, 1.165) is 53.7 Å². The molecule has 10 heteroatoms. The van der Waals surface area contributed by atoms with E-state index in [-0.39, 0.29) is 6.61 Å². The number of nitrogens with zero attached hydrogens (tertiary/aromatic N) is 3. The number of rotatable bonds is 8. The fraction of sp³-hybridized carbons (Fsp3) is 0.478. The maximum atomic E-state index is 12.2. The minimum absolute atomic E-state index is 0.0714. The van der Waals surface area contributed by atoms with Gasteiger partial charge in [0, 0.05) is 24.5 Å². The zero-order valence-corrected chi connectivity index (χ0v) is 19.5. The Morgan fingerprint density at radius 1 is 1.09 bits per heavy atom. The van der Waals surface area contributed by atoms with Gasteiger partial charge in [0.2, 0.25) is 0 Å². The monoisotopic (exact) mass is 480 g/mol. The highest BCUT2D eigenvalue weighted by atomic mass is 32.1. The molecule has 0 unspecified atom stereocenters. The van der Waals surface area contributed by atoms with Gasteiger partial charge in [0.05, 0.1) is 31.8 Å². The van der Waals surface area contributed by atoms with Crippen molar-refractivity contribution in [2.45, 2.75) is 39.7 Å². The fourth-order valence-electron chi connectivity index (χ4n) is 3.68. The first-order valence-electron chi connectivity index (χ1n) is 10.8. The lowest BCUT2D eigenvalue weighted by Gasteiger charge is -2.25. The number of thiophene rings is 1. The second-order valence-corrected chi connectivity index (χ2v) is 9.32. The molecular formula is C23H27F3N4O2S. The Morgan fingerprint density at radius 3 is 2.48 bits per heavy atom. The number of anilines is 1. The van der Waals surface area contributed by atoms with E-state index in [9.17, 15) is 13.2 Å². The average Bonchev–Trinajstić information content (AvgIpc) is 3.06. The number of benzene rings is 1. The van der Waals surface area contributed by atoms with Gasteiger partial charge in [0.1, 0.15) is 23.1 Å². The van der Waals surface area contributed by atoms with Crippen LogP contribution in [0.3, 0.4) is 0 Å². The van der Waals surface area contributed by atoms with E-state index in [1.165, 1.54) is 10.4 Å². The third-order valence-electron chi connectivity index (χ3n) is 5.56. The topological polar surface area (TPSA) is 59.5 Å². The second kappa shape index (κ2) is 10.3. The number of aromatic nitrogens is 2. The molecule has 2 aromatic heterocycles. The zero-order chi connectivity index (χ0) is 23.4. The minimum Gasteiger partial charge on any atom is -0.379 e. The summed E-state index contributed by atoms with van der Waals surface area (Å²) in [6, 6.07) is 7.34. The number of aryl methyl sites for hydroxylation is 2. The van der Waals surface area contributed by atoms with Crippen molar-refractivity contribution in [1.29, 1.82) is 0 Å². The van der Waals surface area contributed by atoms with Crippen LogP contribution in [0.1, 0.15) is 27.4 Å². The molecular weight excluding hydrogens is 453 g/mol. The Hall–Kier alpha value is -2.27. The molecule has 0 radical (unpaired) electrons. The van der Waals surface area contributed by atoms with Crippen molar-refractivity contribution in [2.75, 3.05) is 38.2 Å². The first-order valence-corrected chi connectivity index (χ1v) is 11.6. The van der Waals surface area contributed by atoms with Gasteiger partial charge in [-0.2, -0.15) is 13.2 Å². The van der Waals surface area contributed by atoms with Crippen LogP contribution in [0, 0.1) is 13.8 Å². The lowest BCUT2D eigenvalue weighted by Crippen LogP contribution is -2.36. The van der Waals surface area contributed by atoms with Crippen LogP contribution >= 0.6 is 11.3 Å². The summed E-state index contributed by atoms with van der Waals surface area (Å²) in [5, 5.41) is 4.49. The standard InChI is InChI=1S/C23H27F3N4O2S/c1-15-16(2)33-22-20(15)21(28-19(29-22)12-30-7-9-31-10-8-30)27-11-17-3-5-18(6-4-17)13-32-14-23(24,25)26/h3-6H,7-14H2,1-2H3,(H,27,28,29). The van der Waals surface area contributed by atoms with Crippen molar-refractivity contribution in [3.63, 3.8) is 0 Å². The van der Waals surface area contributed by atoms with Crippen molar-refractivity contribution >= 4 is 27.4 Å². The van der Waals surface area contributed by atoms with Crippen LogP contribution in [0.2, 0.25) is 0 Å². The van der Waals surface area contributed by atoms with E-state index in [1.54, 1.807) is 23.5 Å². The molecule has 0 spiro atoms. The molecule has 3 aromatic rings. The van der Waals surface area contributed by atoms with Gasteiger partial charge in [0.25, 0.3) is 0 Å². The first kappa shape index (κ1) is 23.9. The van der Waals surface area contributed by atoms with Crippen LogP contribution in [-0.4, -0.2) is 54.0 Å². The van der Waals surface area contributed by atoms with E-state index in [0.29, 0.717) is 18.7 Å². The molecule has 1 fully saturated rings. The number of nitrogens with one attached hydrogen (secondary N) is 1. The lowest BCUT2D eigenvalue weighted by atomic mass is 10.1. The largest absolute Gasteiger partial charge is 0.411 e. The summed E-state index contributed by atoms with van der Waals surface area (Å²) >= 11 is 1.67. The number of hydrogen-bond acceptors (Lipinski definition) is 7. The van der Waals surface area contributed by atoms with Gasteiger partial charge in [0.15, 0.2) is 0 Å². The molecule has 1 N–H and O–H groups in total. The SMILES string of the molecule is Cc1sc2nc(CN3CCOCC3)nc(NCc3ccc(COCC(F)(F)F)cc3)c2c1C. The van der Waals surface area contributed by atoms with Crippen LogP contribution in [-0.2, 0) is 29.2 Å². The summed E-state index contributed by atoms with van der Waals surface area (Å²) in [6.07, 6.45) is -4.31. The maximum absolute atomic E-state index is 12.2. The molecule has 0 saturated carbocycles. The first-order chi connectivity index (χ1) is 15.8. The molecule has 1 saturated heterocycles. The van der Waals surface area contributed by atoms with Crippen LogP contribution in [0.15, 0.2) is 24.3 Å². The Morgan fingerprint density at radius 2 is 1.79 bits per heavy atom. The smallest absolute Gasteiger partial charge is 0.379 e. The number of halogens is 3. The zero-order valence-electron chi connectivity index (χ0n) is 18.7. The summed E-state index contributed by atoms with van der Waals surface area (Å²) in [6.45, 7) is 7.26. The van der Waals surface area contributed by atoms with Crippen molar-refractivity contribution in [3.8, 4) is 0 Å². The predicted molar refractivity (Wildman–Crippen MR) is 122 cm³/mol. The van der Waals surface area contributed by atoms with Crippen molar-refractivity contribution in [1.82, 2.24) is 14.9 Å². The van der Waals surface area contributed by atoms with Gasteiger partial charge >= 0.3 is 6.18 Å². The predicted octanol–water partition coefficient (Wildman–Crippen LogP) is 4.83. The molecule has 0 atom stereocenters. The van der Waals surface area contributed by atoms with Crippen molar-refractivity contribution in [2.24, 2.45) is 0 Å². The van der Waals surface area contributed by atoms with Gasteiger partial charge in [-0.05, 0) is 30.5 Å². The average molecular weight is 481 g/mol. The van der Waals surface area contributed by atoms with E-state index in [1.807, 2.05) is 12.1 Å². The molecule has 0 amide bonds. The summed E-state index contributed by atoms with van der Waals surface area (Å²) in [5.41, 5.74) is 2.87. The molecule has 178 valence electrons. The van der Waals surface area contributed by atoms with E-state index in [2.05, 4.69) is 24.1 Å². The maximum Gasteiger partial charge on any atom is 0.411 e. The summed E-state index contributed by atoms with van der Waals surface area (Å²) in [4.78, 5) is 14.1. The van der Waals surface area contributed by atoms with Gasteiger partial charge in [-0.3, -0.25) is 4.90 Å². The normalized spacial score (nSPS) is 15.3. The highest BCUT2D eigenvalue weighted by Gasteiger charge is 2.27. The van der Waals surface area contributed by atoms with Crippen molar-refractivity contribution < 1.29 is 22.6 Å². The minimum atomic E-state index is -4.31. The number of ether oxygens (including phenoxy) is 2. The molecule has 33 heavy (non-hydrogen) atoms. The van der Waals surface area contributed by atoms with E-state index < -0.39 is 12.8 Å². The Bertz CT molecular complexity index is 1080. The van der Waals surface area contributed by atoms with E-state index >= 15 is 0 Å². The quantitative estimate of drug-likeness (QED) is 0.498. The Balaban J connectivity index is 1.45. The highest BCUT2D eigenvalue weighted by Crippen LogP contribution is 2.33. The third-order valence-corrected chi connectivity index (χ3v) is 6.66. The molecule has 1 aliphatic rings. The van der Waals surface area contributed by atoms with Gasteiger partial charge in [-0.25, -0.2) is 9.97 Å². The van der Waals surface area contributed by atoms with Crippen LogP contribution in [0.25, 0.3) is 10.2 Å². The molecule has 0 bridgehead atoms. The lowest BCUT2D eigenvalue weighted by molar-refractivity contribution is -0.176. The number of fused-ring (bicyclic) bond motifs is 1. The summed E-state index contributed by atoms with van der Waals surface area (Å²) < 4.78 is 46.9. The fourth-order valence-corrected chi connectivity index (χ4v) is 4.72.